The number of fused-ring (bicyclic) bond motifs is 1. The van der Waals surface area contributed by atoms with Crippen molar-refractivity contribution in [1.82, 2.24) is 9.80 Å². The van der Waals surface area contributed by atoms with Crippen LogP contribution >= 0.6 is 11.8 Å². The number of benzene rings is 1. The van der Waals surface area contributed by atoms with Crippen LogP contribution in [0.4, 0.5) is 5.69 Å². The number of rotatable bonds is 4. The molecular formula is C22H31N3O2S. The van der Waals surface area contributed by atoms with Crippen LogP contribution in [0, 0.1) is 5.92 Å². The third-order valence-electron chi connectivity index (χ3n) is 6.25. The Morgan fingerprint density at radius 1 is 1.04 bits per heavy atom. The maximum absolute atomic E-state index is 12.9. The molecule has 1 unspecified atom stereocenters. The van der Waals surface area contributed by atoms with E-state index in [1.54, 1.807) is 0 Å². The van der Waals surface area contributed by atoms with E-state index >= 15 is 0 Å². The van der Waals surface area contributed by atoms with Crippen LogP contribution in [0.25, 0.3) is 0 Å². The van der Waals surface area contributed by atoms with Crippen molar-refractivity contribution in [2.45, 2.75) is 55.1 Å². The fourth-order valence-electron chi connectivity index (χ4n) is 4.65. The molecule has 1 aromatic carbocycles. The van der Waals surface area contributed by atoms with Gasteiger partial charge >= 0.3 is 0 Å². The molecular weight excluding hydrogens is 370 g/mol. The van der Waals surface area contributed by atoms with Gasteiger partial charge in [0, 0.05) is 37.5 Å². The number of hydrogen-bond acceptors (Lipinski definition) is 4. The highest BCUT2D eigenvalue weighted by atomic mass is 32.2. The lowest BCUT2D eigenvalue weighted by molar-refractivity contribution is -0.132. The zero-order valence-electron chi connectivity index (χ0n) is 16.6. The first kappa shape index (κ1) is 19.8. The first-order chi connectivity index (χ1) is 13.7. The molecule has 0 radical (unpaired) electrons. The van der Waals surface area contributed by atoms with Crippen LogP contribution in [0.3, 0.4) is 0 Å². The van der Waals surface area contributed by atoms with Crippen LogP contribution in [-0.2, 0) is 9.59 Å². The summed E-state index contributed by atoms with van der Waals surface area (Å²) in [5.41, 5.74) is 0.856. The molecule has 5 nitrogen and oxygen atoms in total. The molecule has 6 heteroatoms. The molecule has 1 N–H and O–H groups in total. The lowest BCUT2D eigenvalue weighted by atomic mass is 9.89. The lowest BCUT2D eigenvalue weighted by Gasteiger charge is -2.29. The van der Waals surface area contributed by atoms with Gasteiger partial charge in [-0.05, 0) is 43.9 Å². The molecule has 1 aromatic rings. The molecule has 0 bridgehead atoms. The molecule has 1 aliphatic carbocycles. The van der Waals surface area contributed by atoms with E-state index in [4.69, 9.17) is 0 Å². The molecule has 1 atom stereocenters. The maximum Gasteiger partial charge on any atom is 0.238 e. The fraction of sp³-hybridized carbons (Fsp3) is 0.636. The Balaban J connectivity index is 1.28. The topological polar surface area (TPSA) is 52.7 Å². The number of nitrogens with zero attached hydrogens (tertiary/aromatic N) is 2. The minimum absolute atomic E-state index is 0.0502. The Morgan fingerprint density at radius 2 is 1.86 bits per heavy atom. The Bertz CT molecular complexity index is 705. The second kappa shape index (κ2) is 9.31. The summed E-state index contributed by atoms with van der Waals surface area (Å²) in [6.45, 7) is 4.86. The summed E-state index contributed by atoms with van der Waals surface area (Å²) in [4.78, 5) is 30.9. The van der Waals surface area contributed by atoms with Crippen LogP contribution in [0.1, 0.15) is 44.9 Å². The summed E-state index contributed by atoms with van der Waals surface area (Å²) in [5.74, 6) is 0.913. The van der Waals surface area contributed by atoms with Crippen LogP contribution < -0.4 is 5.32 Å². The molecule has 3 aliphatic rings. The SMILES string of the molecule is O=C1Nc2ccccc2SC1CC(=O)N1CCCN(CC2CCCCC2)CC1. The van der Waals surface area contributed by atoms with E-state index in [0.717, 1.165) is 49.1 Å². The van der Waals surface area contributed by atoms with Gasteiger partial charge < -0.3 is 15.1 Å². The number of thioether (sulfide) groups is 1. The minimum atomic E-state index is -0.330. The molecule has 1 saturated carbocycles. The number of amides is 2. The molecule has 152 valence electrons. The van der Waals surface area contributed by atoms with Crippen molar-refractivity contribution in [2.75, 3.05) is 38.0 Å². The molecule has 1 saturated heterocycles. The Kier molecular flexibility index (Phi) is 6.58. The molecule has 28 heavy (non-hydrogen) atoms. The Hall–Kier alpha value is -1.53. The summed E-state index contributed by atoms with van der Waals surface area (Å²) in [5, 5.41) is 2.61. The summed E-state index contributed by atoms with van der Waals surface area (Å²) >= 11 is 1.52. The molecule has 0 aromatic heterocycles. The number of para-hydroxylation sites is 1. The zero-order chi connectivity index (χ0) is 19.3. The molecule has 2 aliphatic heterocycles. The van der Waals surface area contributed by atoms with E-state index < -0.39 is 0 Å². The van der Waals surface area contributed by atoms with Gasteiger partial charge in [-0.2, -0.15) is 0 Å². The standard InChI is InChI=1S/C22H31N3O2S/c26-21(15-20-22(27)23-18-9-4-5-10-19(18)28-20)25-12-6-11-24(13-14-25)16-17-7-2-1-3-8-17/h4-5,9-10,17,20H,1-3,6-8,11-16H2,(H,23,27). The lowest BCUT2D eigenvalue weighted by Crippen LogP contribution is -2.40. The highest BCUT2D eigenvalue weighted by molar-refractivity contribution is 8.01. The summed E-state index contributed by atoms with van der Waals surface area (Å²) in [6.07, 6.45) is 8.22. The summed E-state index contributed by atoms with van der Waals surface area (Å²) < 4.78 is 0. The van der Waals surface area contributed by atoms with Crippen molar-refractivity contribution in [3.05, 3.63) is 24.3 Å². The van der Waals surface area contributed by atoms with Crippen molar-refractivity contribution in [1.29, 1.82) is 0 Å². The van der Waals surface area contributed by atoms with Gasteiger partial charge in [0.15, 0.2) is 0 Å². The average Bonchev–Trinajstić information content (AvgIpc) is 2.95. The first-order valence-electron chi connectivity index (χ1n) is 10.8. The largest absolute Gasteiger partial charge is 0.341 e. The zero-order valence-corrected chi connectivity index (χ0v) is 17.4. The maximum atomic E-state index is 12.9. The predicted octanol–water partition coefficient (Wildman–Crippen LogP) is 3.60. The van der Waals surface area contributed by atoms with E-state index in [1.807, 2.05) is 29.2 Å². The normalized spacial score (nSPS) is 24.4. The van der Waals surface area contributed by atoms with Gasteiger partial charge in [-0.3, -0.25) is 9.59 Å². The second-order valence-electron chi connectivity index (χ2n) is 8.34. The van der Waals surface area contributed by atoms with Crippen molar-refractivity contribution < 1.29 is 9.59 Å². The number of hydrogen-bond donors (Lipinski definition) is 1. The van der Waals surface area contributed by atoms with E-state index in [0.29, 0.717) is 0 Å². The molecule has 2 heterocycles. The minimum Gasteiger partial charge on any atom is -0.341 e. The van der Waals surface area contributed by atoms with Gasteiger partial charge in [0.2, 0.25) is 11.8 Å². The quantitative estimate of drug-likeness (QED) is 0.837. The van der Waals surface area contributed by atoms with Gasteiger partial charge in [-0.25, -0.2) is 0 Å². The van der Waals surface area contributed by atoms with Crippen LogP contribution in [0.5, 0.6) is 0 Å². The van der Waals surface area contributed by atoms with E-state index in [2.05, 4.69) is 10.2 Å². The third-order valence-corrected chi connectivity index (χ3v) is 7.52. The molecule has 2 amide bonds. The molecule has 2 fully saturated rings. The summed E-state index contributed by atoms with van der Waals surface area (Å²) in [6, 6.07) is 7.80. The smallest absolute Gasteiger partial charge is 0.238 e. The van der Waals surface area contributed by atoms with Crippen molar-refractivity contribution in [2.24, 2.45) is 5.92 Å². The summed E-state index contributed by atoms with van der Waals surface area (Å²) in [7, 11) is 0. The number of carbonyl (C=O) groups is 2. The molecule has 0 spiro atoms. The van der Waals surface area contributed by atoms with E-state index in [1.165, 1.54) is 50.4 Å². The van der Waals surface area contributed by atoms with Crippen LogP contribution in [0.2, 0.25) is 0 Å². The monoisotopic (exact) mass is 401 g/mol. The molecule has 4 rings (SSSR count). The van der Waals surface area contributed by atoms with Gasteiger partial charge in [0.1, 0.15) is 0 Å². The van der Waals surface area contributed by atoms with Crippen LogP contribution in [0.15, 0.2) is 29.2 Å². The van der Waals surface area contributed by atoms with Crippen molar-refractivity contribution in [3.63, 3.8) is 0 Å². The van der Waals surface area contributed by atoms with E-state index in [-0.39, 0.29) is 23.5 Å². The Morgan fingerprint density at radius 3 is 2.71 bits per heavy atom. The highest BCUT2D eigenvalue weighted by Gasteiger charge is 2.31. The van der Waals surface area contributed by atoms with E-state index in [9.17, 15) is 9.59 Å². The van der Waals surface area contributed by atoms with Crippen molar-refractivity contribution >= 4 is 29.3 Å². The highest BCUT2D eigenvalue weighted by Crippen LogP contribution is 2.36. The average molecular weight is 402 g/mol. The second-order valence-corrected chi connectivity index (χ2v) is 9.58. The number of carbonyl (C=O) groups excluding carboxylic acids is 2. The van der Waals surface area contributed by atoms with Gasteiger partial charge in [-0.15, -0.1) is 11.8 Å². The predicted molar refractivity (Wildman–Crippen MR) is 114 cm³/mol. The van der Waals surface area contributed by atoms with Gasteiger partial charge in [0.05, 0.1) is 10.9 Å². The third kappa shape index (κ3) is 4.90. The fourth-order valence-corrected chi connectivity index (χ4v) is 5.75. The Labute approximate surface area is 172 Å². The van der Waals surface area contributed by atoms with Gasteiger partial charge in [0.25, 0.3) is 0 Å². The van der Waals surface area contributed by atoms with Crippen LogP contribution in [-0.4, -0.2) is 59.6 Å². The number of nitrogens with one attached hydrogen (secondary N) is 1. The van der Waals surface area contributed by atoms with Crippen molar-refractivity contribution in [3.8, 4) is 0 Å². The number of anilines is 1. The first-order valence-corrected chi connectivity index (χ1v) is 11.6. The van der Waals surface area contributed by atoms with Gasteiger partial charge in [-0.1, -0.05) is 31.4 Å².